The summed E-state index contributed by atoms with van der Waals surface area (Å²) in [5.41, 5.74) is 0.900. The first-order chi connectivity index (χ1) is 14.5. The molecule has 2 aromatic carbocycles. The molecule has 0 bridgehead atoms. The molecule has 0 aliphatic carbocycles. The summed E-state index contributed by atoms with van der Waals surface area (Å²) in [6, 6.07) is 10.1. The number of rotatable bonds is 10. The summed E-state index contributed by atoms with van der Waals surface area (Å²) in [5.74, 6) is 2.16. The lowest BCUT2D eigenvalue weighted by molar-refractivity contribution is 0.214. The minimum absolute atomic E-state index is 0.228. The van der Waals surface area contributed by atoms with Gasteiger partial charge in [-0.1, -0.05) is 12.1 Å². The highest BCUT2D eigenvalue weighted by Gasteiger charge is 2.13. The molecule has 2 rings (SSSR count). The van der Waals surface area contributed by atoms with Crippen molar-refractivity contribution in [3.05, 3.63) is 47.8 Å². The van der Waals surface area contributed by atoms with Crippen LogP contribution in [0, 0.1) is 5.82 Å². The number of aliphatic imine (C=N–C) groups is 1. The van der Waals surface area contributed by atoms with E-state index < -0.39 is 0 Å². The van der Waals surface area contributed by atoms with Crippen LogP contribution in [0.4, 0.5) is 4.39 Å². The zero-order valence-corrected chi connectivity index (χ0v) is 18.1. The largest absolute Gasteiger partial charge is 0.493 e. The Kier molecular flexibility index (Phi) is 9.05. The van der Waals surface area contributed by atoms with E-state index in [9.17, 15) is 4.39 Å². The second kappa shape index (κ2) is 11.7. The highest BCUT2D eigenvalue weighted by molar-refractivity contribution is 5.79. The van der Waals surface area contributed by atoms with Gasteiger partial charge in [-0.05, 0) is 43.7 Å². The number of para-hydroxylation sites is 1. The van der Waals surface area contributed by atoms with Gasteiger partial charge in [-0.25, -0.2) is 9.38 Å². The van der Waals surface area contributed by atoms with Crippen molar-refractivity contribution in [3.63, 3.8) is 0 Å². The van der Waals surface area contributed by atoms with E-state index in [2.05, 4.69) is 15.6 Å². The van der Waals surface area contributed by atoms with Crippen molar-refractivity contribution in [1.29, 1.82) is 0 Å². The van der Waals surface area contributed by atoms with Crippen molar-refractivity contribution >= 4 is 5.96 Å². The third-order valence-electron chi connectivity index (χ3n) is 4.21. The summed E-state index contributed by atoms with van der Waals surface area (Å²) in [4.78, 5) is 4.60. The van der Waals surface area contributed by atoms with Gasteiger partial charge in [-0.3, -0.25) is 0 Å². The summed E-state index contributed by atoms with van der Waals surface area (Å²) in [6.07, 6.45) is -0.257. The first kappa shape index (κ1) is 23.1. The highest BCUT2D eigenvalue weighted by Crippen LogP contribution is 2.38. The molecule has 0 aliphatic rings. The van der Waals surface area contributed by atoms with Crippen LogP contribution in [0.15, 0.2) is 41.4 Å². The molecule has 0 amide bonds. The quantitative estimate of drug-likeness (QED) is 0.454. The van der Waals surface area contributed by atoms with E-state index in [4.69, 9.17) is 18.9 Å². The number of nitrogens with zero attached hydrogens (tertiary/aromatic N) is 1. The third-order valence-corrected chi connectivity index (χ3v) is 4.21. The maximum atomic E-state index is 13.7. The first-order valence-corrected chi connectivity index (χ1v) is 9.74. The van der Waals surface area contributed by atoms with Gasteiger partial charge in [-0.15, -0.1) is 0 Å². The number of guanidine groups is 1. The molecular formula is C22H30FN3O4. The van der Waals surface area contributed by atoms with Crippen molar-refractivity contribution < 1.29 is 23.3 Å². The number of benzene rings is 2. The van der Waals surface area contributed by atoms with E-state index in [1.807, 2.05) is 26.0 Å². The Bertz CT molecular complexity index is 820. The van der Waals surface area contributed by atoms with Crippen molar-refractivity contribution in [1.82, 2.24) is 10.6 Å². The maximum absolute atomic E-state index is 13.7. The topological polar surface area (TPSA) is 73.3 Å². The van der Waals surface area contributed by atoms with Crippen LogP contribution in [0.2, 0.25) is 0 Å². The number of hydrogen-bond donors (Lipinski definition) is 2. The van der Waals surface area contributed by atoms with E-state index in [0.29, 0.717) is 42.8 Å². The number of halogens is 1. The van der Waals surface area contributed by atoms with Gasteiger partial charge in [0.25, 0.3) is 0 Å². The zero-order chi connectivity index (χ0) is 21.9. The monoisotopic (exact) mass is 419 g/mol. The molecule has 0 aliphatic heterocycles. The average molecular weight is 419 g/mol. The Morgan fingerprint density at radius 3 is 2.23 bits per heavy atom. The van der Waals surface area contributed by atoms with Gasteiger partial charge in [0.05, 0.1) is 34.4 Å². The van der Waals surface area contributed by atoms with Crippen LogP contribution in [0.3, 0.4) is 0 Å². The van der Waals surface area contributed by atoms with Crippen molar-refractivity contribution in [2.24, 2.45) is 4.99 Å². The molecule has 0 saturated heterocycles. The number of ether oxygens (including phenoxy) is 4. The summed E-state index contributed by atoms with van der Waals surface area (Å²) in [5, 5.41) is 6.40. The van der Waals surface area contributed by atoms with Crippen LogP contribution >= 0.6 is 0 Å². The van der Waals surface area contributed by atoms with E-state index in [1.165, 1.54) is 6.07 Å². The molecule has 8 heteroatoms. The minimum atomic E-state index is -0.382. The van der Waals surface area contributed by atoms with Gasteiger partial charge in [0.1, 0.15) is 6.10 Å². The third kappa shape index (κ3) is 6.43. The Hall–Kier alpha value is -3.16. The zero-order valence-electron chi connectivity index (χ0n) is 18.1. The average Bonchev–Trinajstić information content (AvgIpc) is 2.76. The first-order valence-electron chi connectivity index (χ1n) is 9.74. The van der Waals surface area contributed by atoms with Gasteiger partial charge < -0.3 is 29.6 Å². The molecule has 30 heavy (non-hydrogen) atoms. The number of nitrogens with one attached hydrogen (secondary N) is 2. The van der Waals surface area contributed by atoms with Crippen LogP contribution in [-0.4, -0.2) is 46.5 Å². The van der Waals surface area contributed by atoms with Gasteiger partial charge in [0.2, 0.25) is 5.75 Å². The summed E-state index contributed by atoms with van der Waals surface area (Å²) in [6.45, 7) is 5.39. The summed E-state index contributed by atoms with van der Waals surface area (Å²) < 4.78 is 35.5. The molecule has 1 unspecified atom stereocenters. The van der Waals surface area contributed by atoms with Gasteiger partial charge in [0, 0.05) is 6.54 Å². The molecule has 0 aromatic heterocycles. The Morgan fingerprint density at radius 2 is 1.67 bits per heavy atom. The summed E-state index contributed by atoms with van der Waals surface area (Å²) >= 11 is 0. The predicted octanol–water partition coefficient (Wildman–Crippen LogP) is 3.37. The van der Waals surface area contributed by atoms with Crippen LogP contribution in [-0.2, 0) is 6.54 Å². The molecular weight excluding hydrogens is 389 g/mol. The molecule has 164 valence electrons. The minimum Gasteiger partial charge on any atom is -0.493 e. The van der Waals surface area contributed by atoms with Crippen molar-refractivity contribution in [2.45, 2.75) is 26.5 Å². The molecule has 2 aromatic rings. The normalized spacial score (nSPS) is 12.1. The van der Waals surface area contributed by atoms with E-state index >= 15 is 0 Å². The van der Waals surface area contributed by atoms with Crippen molar-refractivity contribution in [2.75, 3.05) is 34.4 Å². The predicted molar refractivity (Wildman–Crippen MR) is 115 cm³/mol. The second-order valence-electron chi connectivity index (χ2n) is 6.47. The summed E-state index contributed by atoms with van der Waals surface area (Å²) in [7, 11) is 4.72. The molecule has 0 saturated carbocycles. The standard InChI is InChI=1S/C22H30FN3O4/c1-6-24-22(25-13-15(2)30-18-10-8-7-9-17(18)23)26-14-16-11-19(27-3)21(29-5)20(12-16)28-4/h7-12,15H,6,13-14H2,1-5H3,(H2,24,25,26). The molecule has 0 radical (unpaired) electrons. The lowest BCUT2D eigenvalue weighted by atomic mass is 10.2. The number of hydrogen-bond acceptors (Lipinski definition) is 5. The fourth-order valence-corrected chi connectivity index (χ4v) is 2.78. The van der Waals surface area contributed by atoms with Crippen LogP contribution in [0.5, 0.6) is 23.0 Å². The van der Waals surface area contributed by atoms with Gasteiger partial charge in [0.15, 0.2) is 29.0 Å². The Balaban J connectivity index is 2.04. The van der Waals surface area contributed by atoms with Crippen LogP contribution in [0.1, 0.15) is 19.4 Å². The fourth-order valence-electron chi connectivity index (χ4n) is 2.78. The smallest absolute Gasteiger partial charge is 0.203 e. The Labute approximate surface area is 177 Å². The molecule has 7 nitrogen and oxygen atoms in total. The van der Waals surface area contributed by atoms with E-state index in [1.54, 1.807) is 39.5 Å². The molecule has 0 fully saturated rings. The molecule has 2 N–H and O–H groups in total. The highest BCUT2D eigenvalue weighted by atomic mass is 19.1. The van der Waals surface area contributed by atoms with Gasteiger partial charge >= 0.3 is 0 Å². The Morgan fingerprint density at radius 1 is 1.00 bits per heavy atom. The maximum Gasteiger partial charge on any atom is 0.203 e. The van der Waals surface area contributed by atoms with Crippen LogP contribution in [0.25, 0.3) is 0 Å². The molecule has 0 heterocycles. The fraction of sp³-hybridized carbons (Fsp3) is 0.409. The van der Waals surface area contributed by atoms with Crippen LogP contribution < -0.4 is 29.6 Å². The lowest BCUT2D eigenvalue weighted by Crippen LogP contribution is -2.41. The lowest BCUT2D eigenvalue weighted by Gasteiger charge is -2.18. The molecule has 0 spiro atoms. The van der Waals surface area contributed by atoms with E-state index in [0.717, 1.165) is 5.56 Å². The number of methoxy groups -OCH3 is 3. The van der Waals surface area contributed by atoms with E-state index in [-0.39, 0.29) is 17.7 Å². The van der Waals surface area contributed by atoms with Crippen molar-refractivity contribution in [3.8, 4) is 23.0 Å². The second-order valence-corrected chi connectivity index (χ2v) is 6.47. The van der Waals surface area contributed by atoms with Gasteiger partial charge in [-0.2, -0.15) is 0 Å². The SMILES string of the molecule is CCNC(=NCc1cc(OC)c(OC)c(OC)c1)NCC(C)Oc1ccccc1F. The molecule has 1 atom stereocenters.